The Hall–Kier alpha value is -0.540. The summed E-state index contributed by atoms with van der Waals surface area (Å²) in [5.74, 6) is 0.774. The molecule has 1 aromatic rings. The Morgan fingerprint density at radius 3 is 2.35 bits per heavy atom. The molecule has 0 bridgehead atoms. The fraction of sp³-hybridized carbons (Fsp3) is 0.647. The standard InChI is InChI=1S/C17H29BrN2/c1-6-14(7-2)12-20(8-3)17-10-9-15(18)11-16(17)13(4)19-5/h9-11,13-14,19H,6-8,12H2,1-5H3. The van der Waals surface area contributed by atoms with E-state index in [0.717, 1.165) is 23.5 Å². The predicted molar refractivity (Wildman–Crippen MR) is 93.6 cm³/mol. The zero-order valence-electron chi connectivity index (χ0n) is 13.5. The highest BCUT2D eigenvalue weighted by Crippen LogP contribution is 2.30. The van der Waals surface area contributed by atoms with Crippen LogP contribution in [0.2, 0.25) is 0 Å². The van der Waals surface area contributed by atoms with Crippen LogP contribution in [0.3, 0.4) is 0 Å². The number of nitrogens with one attached hydrogen (secondary N) is 1. The molecule has 114 valence electrons. The maximum Gasteiger partial charge on any atom is 0.0415 e. The normalized spacial score (nSPS) is 12.8. The fourth-order valence-corrected chi connectivity index (χ4v) is 2.95. The van der Waals surface area contributed by atoms with Crippen molar-refractivity contribution in [1.82, 2.24) is 5.32 Å². The average Bonchev–Trinajstić information content (AvgIpc) is 2.48. The van der Waals surface area contributed by atoms with E-state index >= 15 is 0 Å². The molecule has 0 aromatic heterocycles. The van der Waals surface area contributed by atoms with Gasteiger partial charge in [0.05, 0.1) is 0 Å². The molecule has 20 heavy (non-hydrogen) atoms. The molecule has 2 nitrogen and oxygen atoms in total. The van der Waals surface area contributed by atoms with E-state index in [0.29, 0.717) is 6.04 Å². The van der Waals surface area contributed by atoms with Gasteiger partial charge in [0, 0.05) is 29.3 Å². The summed E-state index contributed by atoms with van der Waals surface area (Å²) in [6.45, 7) is 11.3. The van der Waals surface area contributed by atoms with Crippen molar-refractivity contribution in [3.63, 3.8) is 0 Å². The van der Waals surface area contributed by atoms with Crippen LogP contribution >= 0.6 is 15.9 Å². The Kier molecular flexibility index (Phi) is 7.60. The molecule has 0 amide bonds. The Morgan fingerprint density at radius 1 is 1.20 bits per heavy atom. The molecule has 1 rings (SSSR count). The van der Waals surface area contributed by atoms with Gasteiger partial charge >= 0.3 is 0 Å². The summed E-state index contributed by atoms with van der Waals surface area (Å²) >= 11 is 3.60. The van der Waals surface area contributed by atoms with Gasteiger partial charge in [0.2, 0.25) is 0 Å². The Morgan fingerprint density at radius 2 is 1.85 bits per heavy atom. The van der Waals surface area contributed by atoms with Crippen LogP contribution in [0.5, 0.6) is 0 Å². The molecular formula is C17H29BrN2. The molecule has 0 spiro atoms. The molecule has 0 radical (unpaired) electrons. The molecule has 0 aliphatic carbocycles. The Balaban J connectivity index is 3.07. The van der Waals surface area contributed by atoms with Gasteiger partial charge in [-0.05, 0) is 50.6 Å². The highest BCUT2D eigenvalue weighted by Gasteiger charge is 2.16. The van der Waals surface area contributed by atoms with Crippen LogP contribution in [0.1, 0.15) is 52.1 Å². The number of nitrogens with zero attached hydrogens (tertiary/aromatic N) is 1. The zero-order valence-corrected chi connectivity index (χ0v) is 15.1. The fourth-order valence-electron chi connectivity index (χ4n) is 2.57. The van der Waals surface area contributed by atoms with E-state index in [4.69, 9.17) is 0 Å². The number of hydrogen-bond donors (Lipinski definition) is 1. The van der Waals surface area contributed by atoms with Crippen LogP contribution < -0.4 is 10.2 Å². The van der Waals surface area contributed by atoms with Crippen molar-refractivity contribution < 1.29 is 0 Å². The van der Waals surface area contributed by atoms with Crippen molar-refractivity contribution in [2.45, 2.75) is 46.6 Å². The highest BCUT2D eigenvalue weighted by atomic mass is 79.9. The molecule has 1 atom stereocenters. The average molecular weight is 341 g/mol. The molecule has 0 saturated heterocycles. The van der Waals surface area contributed by atoms with Crippen LogP contribution in [0.15, 0.2) is 22.7 Å². The second kappa shape index (κ2) is 8.68. The van der Waals surface area contributed by atoms with Gasteiger partial charge in [0.25, 0.3) is 0 Å². The number of rotatable bonds is 8. The van der Waals surface area contributed by atoms with E-state index < -0.39 is 0 Å². The van der Waals surface area contributed by atoms with Crippen molar-refractivity contribution in [3.8, 4) is 0 Å². The summed E-state index contributed by atoms with van der Waals surface area (Å²) in [6, 6.07) is 7.00. The maximum absolute atomic E-state index is 3.60. The lowest BCUT2D eigenvalue weighted by molar-refractivity contribution is 0.484. The van der Waals surface area contributed by atoms with Crippen molar-refractivity contribution >= 4 is 21.6 Å². The van der Waals surface area contributed by atoms with Crippen molar-refractivity contribution in [1.29, 1.82) is 0 Å². The van der Waals surface area contributed by atoms with Crippen LogP contribution in [0, 0.1) is 5.92 Å². The summed E-state index contributed by atoms with van der Waals surface area (Å²) in [5.41, 5.74) is 2.74. The predicted octanol–water partition coefficient (Wildman–Crippen LogP) is 4.99. The maximum atomic E-state index is 3.60. The van der Waals surface area contributed by atoms with Crippen LogP contribution in [-0.2, 0) is 0 Å². The van der Waals surface area contributed by atoms with E-state index in [1.54, 1.807) is 0 Å². The van der Waals surface area contributed by atoms with Gasteiger partial charge in [-0.1, -0.05) is 42.6 Å². The minimum absolute atomic E-state index is 0.359. The quantitative estimate of drug-likeness (QED) is 0.716. The first-order chi connectivity index (χ1) is 9.57. The van der Waals surface area contributed by atoms with Gasteiger partial charge in [-0.15, -0.1) is 0 Å². The van der Waals surface area contributed by atoms with Gasteiger partial charge in [0.1, 0.15) is 0 Å². The monoisotopic (exact) mass is 340 g/mol. The first-order valence-corrected chi connectivity index (χ1v) is 8.58. The van der Waals surface area contributed by atoms with E-state index in [2.05, 4.69) is 72.0 Å². The minimum Gasteiger partial charge on any atom is -0.371 e. The summed E-state index contributed by atoms with van der Waals surface area (Å²) in [5, 5.41) is 3.36. The third kappa shape index (κ3) is 4.49. The number of hydrogen-bond acceptors (Lipinski definition) is 2. The Labute approximate surface area is 133 Å². The Bertz CT molecular complexity index is 402. The van der Waals surface area contributed by atoms with E-state index in [1.165, 1.54) is 24.1 Å². The summed E-state index contributed by atoms with van der Waals surface area (Å²) in [7, 11) is 2.02. The molecule has 0 aliphatic rings. The van der Waals surface area contributed by atoms with Gasteiger partial charge < -0.3 is 10.2 Å². The van der Waals surface area contributed by atoms with Gasteiger partial charge in [-0.25, -0.2) is 0 Å². The molecule has 0 fully saturated rings. The summed E-state index contributed by atoms with van der Waals surface area (Å²) in [6.07, 6.45) is 2.50. The third-order valence-corrected chi connectivity index (χ3v) is 4.74. The largest absolute Gasteiger partial charge is 0.371 e. The van der Waals surface area contributed by atoms with Crippen molar-refractivity contribution in [2.75, 3.05) is 25.0 Å². The molecule has 1 unspecified atom stereocenters. The second-order valence-corrected chi connectivity index (χ2v) is 6.35. The minimum atomic E-state index is 0.359. The first kappa shape index (κ1) is 17.5. The summed E-state index contributed by atoms with van der Waals surface area (Å²) in [4.78, 5) is 2.52. The zero-order chi connectivity index (χ0) is 15.1. The first-order valence-electron chi connectivity index (χ1n) is 7.78. The smallest absolute Gasteiger partial charge is 0.0415 e. The molecular weight excluding hydrogens is 312 g/mol. The number of anilines is 1. The van der Waals surface area contributed by atoms with Crippen molar-refractivity contribution in [3.05, 3.63) is 28.2 Å². The molecule has 0 heterocycles. The van der Waals surface area contributed by atoms with Crippen molar-refractivity contribution in [2.24, 2.45) is 5.92 Å². The van der Waals surface area contributed by atoms with Gasteiger partial charge in [-0.3, -0.25) is 0 Å². The second-order valence-electron chi connectivity index (χ2n) is 5.43. The topological polar surface area (TPSA) is 15.3 Å². The van der Waals surface area contributed by atoms with Gasteiger partial charge in [-0.2, -0.15) is 0 Å². The lowest BCUT2D eigenvalue weighted by Gasteiger charge is -2.31. The lowest BCUT2D eigenvalue weighted by atomic mass is 10.0. The van der Waals surface area contributed by atoms with Gasteiger partial charge in [0.15, 0.2) is 0 Å². The SMILES string of the molecule is CCC(CC)CN(CC)c1ccc(Br)cc1C(C)NC. The third-order valence-electron chi connectivity index (χ3n) is 4.24. The van der Waals surface area contributed by atoms with Crippen LogP contribution in [0.4, 0.5) is 5.69 Å². The molecule has 0 saturated carbocycles. The lowest BCUT2D eigenvalue weighted by Crippen LogP contribution is -2.30. The van der Waals surface area contributed by atoms with Crippen LogP contribution in [-0.4, -0.2) is 20.1 Å². The molecule has 1 aromatic carbocycles. The molecule has 1 N–H and O–H groups in total. The molecule has 3 heteroatoms. The van der Waals surface area contributed by atoms with Crippen LogP contribution in [0.25, 0.3) is 0 Å². The number of benzene rings is 1. The molecule has 0 aliphatic heterocycles. The van der Waals surface area contributed by atoms with E-state index in [9.17, 15) is 0 Å². The highest BCUT2D eigenvalue weighted by molar-refractivity contribution is 9.10. The van der Waals surface area contributed by atoms with E-state index in [-0.39, 0.29) is 0 Å². The summed E-state index contributed by atoms with van der Waals surface area (Å²) < 4.78 is 1.15. The van der Waals surface area contributed by atoms with E-state index in [1.807, 2.05) is 7.05 Å². The number of halogens is 1.